The van der Waals surface area contributed by atoms with E-state index >= 15 is 0 Å². The molecule has 0 bridgehead atoms. The van der Waals surface area contributed by atoms with Gasteiger partial charge in [0.25, 0.3) is 0 Å². The fourth-order valence-electron chi connectivity index (χ4n) is 0.604. The maximum atomic E-state index is 11.6. The molecule has 0 saturated heterocycles. The predicted octanol–water partition coefficient (Wildman–Crippen LogP) is -0.215. The Morgan fingerprint density at radius 2 is 1.82 bits per heavy atom. The van der Waals surface area contributed by atoms with Crippen molar-refractivity contribution >= 4 is 11.8 Å². The van der Waals surface area contributed by atoms with Crippen molar-refractivity contribution < 1.29 is 78.1 Å². The first-order valence-electron chi connectivity index (χ1n) is 2.75. The Hall–Kier alpha value is 0.672. The summed E-state index contributed by atoms with van der Waals surface area (Å²) in [4.78, 5) is 9.78. The Labute approximate surface area is 123 Å². The molecule has 1 aromatic rings. The summed E-state index contributed by atoms with van der Waals surface area (Å²) in [6.45, 7) is 0. The van der Waals surface area contributed by atoms with E-state index in [1.165, 1.54) is 0 Å². The Kier molecular flexibility index (Phi) is 6.60. The molecule has 11 heavy (non-hydrogen) atoms. The van der Waals surface area contributed by atoms with Crippen LogP contribution in [0.25, 0.3) is 5.32 Å². The van der Waals surface area contributed by atoms with Crippen molar-refractivity contribution in [2.75, 3.05) is 0 Å². The summed E-state index contributed by atoms with van der Waals surface area (Å²) in [7, 11) is 0. The molecular weight excluding hydrogens is 266 g/mol. The third-order valence-electron chi connectivity index (χ3n) is 0.973. The summed E-state index contributed by atoms with van der Waals surface area (Å²) < 4.78 is 11.6. The van der Waals surface area contributed by atoms with Crippen LogP contribution in [-0.2, 0) is 0 Å². The van der Waals surface area contributed by atoms with Gasteiger partial charge in [-0.15, -0.1) is 5.69 Å². The van der Waals surface area contributed by atoms with E-state index in [2.05, 4.69) is 5.32 Å². The van der Waals surface area contributed by atoms with Gasteiger partial charge in [-0.3, -0.25) is 4.79 Å². The number of halogens is 1. The van der Waals surface area contributed by atoms with E-state index < -0.39 is 6.16 Å². The molecule has 0 radical (unpaired) electrons. The molecule has 1 aromatic carbocycles. The molecular formula is C7H5CsFNO. The largest absolute Gasteiger partial charge is 1.00 e. The molecule has 0 aliphatic carbocycles. The van der Waals surface area contributed by atoms with Crippen LogP contribution in [0.15, 0.2) is 30.3 Å². The molecule has 0 saturated carbocycles. The van der Waals surface area contributed by atoms with E-state index in [0.29, 0.717) is 5.69 Å². The smallest absolute Gasteiger partial charge is 0.597 e. The first-order valence-corrected chi connectivity index (χ1v) is 2.75. The standard InChI is InChI=1S/C7H6FNO.Cs/c8-7(10)9-6-4-2-1-3-5-6;/h1-5H,(H,9,10);/q;+1/p-1. The Bertz CT molecular complexity index is 227. The second-order valence-electron chi connectivity index (χ2n) is 1.70. The number of hydrogen-bond acceptors (Lipinski definition) is 1. The zero-order valence-corrected chi connectivity index (χ0v) is 12.4. The van der Waals surface area contributed by atoms with Gasteiger partial charge in [-0.25, -0.2) is 0 Å². The average Bonchev–Trinajstić information content (AvgIpc) is 1.88. The molecule has 0 fully saturated rings. The number of para-hydroxylation sites is 1. The first kappa shape index (κ1) is 11.7. The van der Waals surface area contributed by atoms with E-state index in [1.54, 1.807) is 30.3 Å². The van der Waals surface area contributed by atoms with Crippen molar-refractivity contribution in [2.24, 2.45) is 0 Å². The molecule has 0 aliphatic rings. The number of amides is 1. The minimum Gasteiger partial charge on any atom is -0.597 e. The monoisotopic (exact) mass is 271 g/mol. The van der Waals surface area contributed by atoms with Crippen LogP contribution in [0.5, 0.6) is 0 Å². The van der Waals surface area contributed by atoms with E-state index in [1.807, 2.05) is 0 Å². The van der Waals surface area contributed by atoms with Gasteiger partial charge in [-0.2, -0.15) is 4.39 Å². The number of carbonyl (C=O) groups is 1. The van der Waals surface area contributed by atoms with Gasteiger partial charge in [-0.05, 0) is 0 Å². The fraction of sp³-hybridized carbons (Fsp3) is 0. The predicted molar refractivity (Wildman–Crippen MR) is 36.0 cm³/mol. The third kappa shape index (κ3) is 5.00. The zero-order chi connectivity index (χ0) is 7.40. The molecule has 0 aromatic heterocycles. The molecule has 4 heteroatoms. The molecule has 0 N–H and O–H groups in total. The van der Waals surface area contributed by atoms with Gasteiger partial charge in [0.1, 0.15) is 0 Å². The van der Waals surface area contributed by atoms with Crippen LogP contribution in [-0.4, -0.2) is 6.16 Å². The molecule has 0 unspecified atom stereocenters. The van der Waals surface area contributed by atoms with Crippen molar-refractivity contribution in [3.63, 3.8) is 0 Å². The number of nitrogens with zero attached hydrogens (tertiary/aromatic N) is 1. The summed E-state index contributed by atoms with van der Waals surface area (Å²) in [5, 5.41) is 3.05. The first-order chi connectivity index (χ1) is 4.79. The molecule has 0 heterocycles. The number of carbonyl (C=O) groups excluding carboxylic acids is 1. The van der Waals surface area contributed by atoms with Gasteiger partial charge in [-0.1, -0.05) is 30.3 Å². The molecule has 52 valence electrons. The summed E-state index contributed by atoms with van der Waals surface area (Å²) in [5.74, 6) is 0. The van der Waals surface area contributed by atoms with Gasteiger partial charge >= 0.3 is 68.9 Å². The van der Waals surface area contributed by atoms with Crippen LogP contribution in [0.4, 0.5) is 14.9 Å². The second kappa shape index (κ2) is 6.22. The van der Waals surface area contributed by atoms with Crippen LogP contribution >= 0.6 is 0 Å². The Morgan fingerprint density at radius 1 is 1.27 bits per heavy atom. The summed E-state index contributed by atoms with van der Waals surface area (Å²) in [5.41, 5.74) is 0.343. The van der Waals surface area contributed by atoms with Crippen LogP contribution in [0, 0.1) is 0 Å². The van der Waals surface area contributed by atoms with Crippen molar-refractivity contribution in [1.82, 2.24) is 0 Å². The Balaban J connectivity index is 0.000001000. The maximum absolute atomic E-state index is 11.6. The normalized spacial score (nSPS) is 8.09. The minimum atomic E-state index is -1.66. The molecule has 0 spiro atoms. The number of benzene rings is 1. The number of hydrogen-bond donors (Lipinski definition) is 0. The van der Waals surface area contributed by atoms with Gasteiger partial charge in [0.2, 0.25) is 6.16 Å². The quantitative estimate of drug-likeness (QED) is 0.513. The SMILES string of the molecule is O=C(F)[N-]c1ccccc1.[Cs+]. The van der Waals surface area contributed by atoms with Crippen molar-refractivity contribution in [2.45, 2.75) is 0 Å². The van der Waals surface area contributed by atoms with Crippen molar-refractivity contribution in [3.8, 4) is 0 Å². The summed E-state index contributed by atoms with van der Waals surface area (Å²) in [6.07, 6.45) is -1.66. The minimum absolute atomic E-state index is 0. The van der Waals surface area contributed by atoms with Crippen molar-refractivity contribution in [3.05, 3.63) is 35.6 Å². The molecule has 0 aliphatic heterocycles. The molecule has 2 nitrogen and oxygen atoms in total. The van der Waals surface area contributed by atoms with Gasteiger partial charge in [0, 0.05) is 0 Å². The van der Waals surface area contributed by atoms with E-state index in [9.17, 15) is 9.18 Å². The maximum Gasteiger partial charge on any atom is 1.00 e. The van der Waals surface area contributed by atoms with E-state index in [-0.39, 0.29) is 68.9 Å². The van der Waals surface area contributed by atoms with Crippen LogP contribution in [0.3, 0.4) is 0 Å². The second-order valence-corrected chi connectivity index (χ2v) is 1.70. The topological polar surface area (TPSA) is 31.2 Å². The average molecular weight is 271 g/mol. The van der Waals surface area contributed by atoms with Crippen LogP contribution < -0.4 is 68.9 Å². The zero-order valence-electron chi connectivity index (χ0n) is 6.12. The summed E-state index contributed by atoms with van der Waals surface area (Å²) >= 11 is 0. The van der Waals surface area contributed by atoms with Crippen molar-refractivity contribution in [1.29, 1.82) is 0 Å². The van der Waals surface area contributed by atoms with E-state index in [4.69, 9.17) is 0 Å². The third-order valence-corrected chi connectivity index (χ3v) is 0.973. The molecule has 1 rings (SSSR count). The fourth-order valence-corrected chi connectivity index (χ4v) is 0.604. The number of rotatable bonds is 1. The van der Waals surface area contributed by atoms with Gasteiger partial charge in [0.05, 0.1) is 0 Å². The Morgan fingerprint density at radius 3 is 2.27 bits per heavy atom. The van der Waals surface area contributed by atoms with Crippen LogP contribution in [0.1, 0.15) is 0 Å². The van der Waals surface area contributed by atoms with E-state index in [0.717, 1.165) is 0 Å². The van der Waals surface area contributed by atoms with Gasteiger partial charge < -0.3 is 5.32 Å². The van der Waals surface area contributed by atoms with Gasteiger partial charge in [0.15, 0.2) is 0 Å². The summed E-state index contributed by atoms with van der Waals surface area (Å²) in [6, 6.07) is 8.24. The van der Waals surface area contributed by atoms with Crippen LogP contribution in [0.2, 0.25) is 0 Å². The molecule has 0 atom stereocenters. The molecule has 1 amide bonds.